The van der Waals surface area contributed by atoms with E-state index < -0.39 is 23.0 Å². The molecule has 0 unspecified atom stereocenters. The number of carbonyl (C=O) groups is 2. The van der Waals surface area contributed by atoms with Crippen LogP contribution < -0.4 is 11.0 Å². The van der Waals surface area contributed by atoms with Crippen LogP contribution in [0.5, 0.6) is 0 Å². The van der Waals surface area contributed by atoms with Gasteiger partial charge in [-0.2, -0.15) is 0 Å². The van der Waals surface area contributed by atoms with Crippen LogP contribution in [0.25, 0.3) is 0 Å². The Kier molecular flexibility index (Phi) is 4.26. The van der Waals surface area contributed by atoms with E-state index in [-0.39, 0.29) is 12.2 Å². The summed E-state index contributed by atoms with van der Waals surface area (Å²) in [6.07, 6.45) is 6.23. The van der Waals surface area contributed by atoms with E-state index in [1.165, 1.54) is 6.20 Å². The van der Waals surface area contributed by atoms with E-state index in [0.717, 1.165) is 25.7 Å². The van der Waals surface area contributed by atoms with Gasteiger partial charge in [0.2, 0.25) is 0 Å². The molecule has 1 aliphatic carbocycles. The quantitative estimate of drug-likeness (QED) is 0.612. The molecule has 1 aromatic heterocycles. The van der Waals surface area contributed by atoms with Gasteiger partial charge < -0.3 is 20.4 Å². The van der Waals surface area contributed by atoms with Crippen molar-refractivity contribution >= 4 is 11.9 Å². The molecule has 1 aliphatic rings. The summed E-state index contributed by atoms with van der Waals surface area (Å²) < 4.78 is 0. The Morgan fingerprint density at radius 1 is 1.25 bits per heavy atom. The first kappa shape index (κ1) is 14.4. The Morgan fingerprint density at radius 3 is 2.40 bits per heavy atom. The van der Waals surface area contributed by atoms with Crippen molar-refractivity contribution in [3.63, 3.8) is 0 Å². The Balaban J connectivity index is 2.03. The standard InChI is InChI=1S/C13H19N3O4/c17-10(9-7-14-12(20)16-9)15-8-13(11(18)19)5-3-1-2-4-6-13/h7H,1-6,8H2,(H,15,17)(H,18,19)(H2,14,16,20). The second-order valence-corrected chi connectivity index (χ2v) is 5.34. The normalized spacial score (nSPS) is 18.2. The van der Waals surface area contributed by atoms with Crippen LogP contribution in [0.3, 0.4) is 0 Å². The molecule has 1 aromatic rings. The third kappa shape index (κ3) is 3.09. The smallest absolute Gasteiger partial charge is 0.323 e. The predicted molar refractivity (Wildman–Crippen MR) is 71.5 cm³/mol. The first-order valence-electron chi connectivity index (χ1n) is 6.83. The molecular weight excluding hydrogens is 262 g/mol. The average molecular weight is 281 g/mol. The maximum absolute atomic E-state index is 11.9. The fourth-order valence-electron chi connectivity index (χ4n) is 2.67. The van der Waals surface area contributed by atoms with Crippen LogP contribution in [-0.4, -0.2) is 33.5 Å². The molecule has 0 spiro atoms. The molecule has 2 rings (SSSR count). The lowest BCUT2D eigenvalue weighted by Gasteiger charge is -2.28. The highest BCUT2D eigenvalue weighted by Crippen LogP contribution is 2.34. The number of hydrogen-bond donors (Lipinski definition) is 4. The molecule has 1 saturated carbocycles. The number of imidazole rings is 1. The summed E-state index contributed by atoms with van der Waals surface area (Å²) in [6, 6.07) is 0. The van der Waals surface area contributed by atoms with E-state index in [4.69, 9.17) is 0 Å². The van der Waals surface area contributed by atoms with Gasteiger partial charge in [-0.05, 0) is 12.8 Å². The van der Waals surface area contributed by atoms with Crippen LogP contribution in [0.4, 0.5) is 0 Å². The van der Waals surface area contributed by atoms with Crippen molar-refractivity contribution in [3.05, 3.63) is 22.4 Å². The van der Waals surface area contributed by atoms with Crippen molar-refractivity contribution in [2.24, 2.45) is 5.41 Å². The van der Waals surface area contributed by atoms with E-state index in [9.17, 15) is 19.5 Å². The van der Waals surface area contributed by atoms with E-state index in [1.807, 2.05) is 0 Å². The van der Waals surface area contributed by atoms with Crippen molar-refractivity contribution in [3.8, 4) is 0 Å². The zero-order valence-corrected chi connectivity index (χ0v) is 11.2. The third-order valence-electron chi connectivity index (χ3n) is 3.94. The summed E-state index contributed by atoms with van der Waals surface area (Å²) in [4.78, 5) is 39.0. The number of hydrogen-bond acceptors (Lipinski definition) is 3. The summed E-state index contributed by atoms with van der Waals surface area (Å²) in [5.41, 5.74) is -1.23. The number of carboxylic acid groups (broad SMARTS) is 1. The largest absolute Gasteiger partial charge is 0.481 e. The number of nitrogens with one attached hydrogen (secondary N) is 3. The van der Waals surface area contributed by atoms with Gasteiger partial charge in [0, 0.05) is 12.7 Å². The highest BCUT2D eigenvalue weighted by Gasteiger charge is 2.38. The number of carboxylic acids is 1. The molecule has 7 heteroatoms. The number of aromatic nitrogens is 2. The Hall–Kier alpha value is -2.05. The molecule has 1 amide bonds. The summed E-state index contributed by atoms with van der Waals surface area (Å²) in [5.74, 6) is -1.32. The van der Waals surface area contributed by atoms with Crippen LogP contribution in [-0.2, 0) is 4.79 Å². The fourth-order valence-corrected chi connectivity index (χ4v) is 2.67. The van der Waals surface area contributed by atoms with E-state index in [0.29, 0.717) is 12.8 Å². The Labute approximate surface area is 115 Å². The lowest BCUT2D eigenvalue weighted by atomic mass is 9.80. The molecule has 0 radical (unpaired) electrons. The third-order valence-corrected chi connectivity index (χ3v) is 3.94. The Morgan fingerprint density at radius 2 is 1.90 bits per heavy atom. The predicted octanol–water partition coefficient (Wildman–Crippen LogP) is 0.858. The first-order valence-corrected chi connectivity index (χ1v) is 6.83. The molecule has 4 N–H and O–H groups in total. The molecule has 0 saturated heterocycles. The molecule has 1 fully saturated rings. The van der Waals surface area contributed by atoms with E-state index in [1.54, 1.807) is 0 Å². The molecule has 0 bridgehead atoms. The van der Waals surface area contributed by atoms with Crippen molar-refractivity contribution in [1.29, 1.82) is 0 Å². The average Bonchev–Trinajstić information content (AvgIpc) is 2.71. The van der Waals surface area contributed by atoms with Gasteiger partial charge in [-0.15, -0.1) is 0 Å². The number of rotatable bonds is 4. The molecule has 0 aliphatic heterocycles. The minimum Gasteiger partial charge on any atom is -0.481 e. The van der Waals surface area contributed by atoms with E-state index >= 15 is 0 Å². The molecule has 110 valence electrons. The zero-order valence-electron chi connectivity index (χ0n) is 11.2. The monoisotopic (exact) mass is 281 g/mol. The minimum atomic E-state index is -0.886. The molecule has 0 aromatic carbocycles. The summed E-state index contributed by atoms with van der Waals surface area (Å²) in [7, 11) is 0. The van der Waals surface area contributed by atoms with Crippen LogP contribution in [0.2, 0.25) is 0 Å². The highest BCUT2D eigenvalue weighted by atomic mass is 16.4. The molecule has 20 heavy (non-hydrogen) atoms. The second kappa shape index (κ2) is 5.94. The van der Waals surface area contributed by atoms with Crippen LogP contribution in [0.1, 0.15) is 49.0 Å². The highest BCUT2D eigenvalue weighted by molar-refractivity contribution is 5.92. The number of carbonyl (C=O) groups excluding carboxylic acids is 1. The fraction of sp³-hybridized carbons (Fsp3) is 0.615. The SMILES string of the molecule is O=C(NCC1(C(=O)O)CCCCCC1)c1c[nH]c(=O)[nH]1. The minimum absolute atomic E-state index is 0.0916. The van der Waals surface area contributed by atoms with Gasteiger partial charge in [-0.3, -0.25) is 9.59 Å². The van der Waals surface area contributed by atoms with Gasteiger partial charge in [0.15, 0.2) is 0 Å². The topological polar surface area (TPSA) is 115 Å². The van der Waals surface area contributed by atoms with Gasteiger partial charge in [0.05, 0.1) is 5.41 Å². The molecular formula is C13H19N3O4. The van der Waals surface area contributed by atoms with Gasteiger partial charge >= 0.3 is 11.7 Å². The van der Waals surface area contributed by atoms with Gasteiger partial charge in [0.1, 0.15) is 5.69 Å². The number of aromatic amines is 2. The lowest BCUT2D eigenvalue weighted by molar-refractivity contribution is -0.149. The Bertz CT molecular complexity index is 538. The molecule has 0 atom stereocenters. The van der Waals surface area contributed by atoms with E-state index in [2.05, 4.69) is 15.3 Å². The second-order valence-electron chi connectivity index (χ2n) is 5.34. The summed E-state index contributed by atoms with van der Waals surface area (Å²) in [5, 5.41) is 12.1. The maximum atomic E-state index is 11.9. The molecule has 7 nitrogen and oxygen atoms in total. The number of H-pyrrole nitrogens is 2. The van der Waals surface area contributed by atoms with Crippen molar-refractivity contribution in [2.75, 3.05) is 6.54 Å². The maximum Gasteiger partial charge on any atom is 0.323 e. The van der Waals surface area contributed by atoms with Crippen LogP contribution in [0, 0.1) is 5.41 Å². The number of amides is 1. The number of aliphatic carboxylic acids is 1. The van der Waals surface area contributed by atoms with Gasteiger partial charge in [-0.1, -0.05) is 25.7 Å². The van der Waals surface area contributed by atoms with Crippen molar-refractivity contribution in [1.82, 2.24) is 15.3 Å². The summed E-state index contributed by atoms with van der Waals surface area (Å²) in [6.45, 7) is 0.0916. The van der Waals surface area contributed by atoms with Gasteiger partial charge in [-0.25, -0.2) is 4.79 Å². The lowest BCUT2D eigenvalue weighted by Crippen LogP contribution is -2.43. The van der Waals surface area contributed by atoms with Crippen molar-refractivity contribution < 1.29 is 14.7 Å². The summed E-state index contributed by atoms with van der Waals surface area (Å²) >= 11 is 0. The van der Waals surface area contributed by atoms with Gasteiger partial charge in [0.25, 0.3) is 5.91 Å². The zero-order chi connectivity index (χ0) is 14.6. The van der Waals surface area contributed by atoms with Crippen molar-refractivity contribution in [2.45, 2.75) is 38.5 Å². The first-order chi connectivity index (χ1) is 9.53. The molecule has 1 heterocycles. The van der Waals surface area contributed by atoms with Crippen LogP contribution in [0.15, 0.2) is 11.0 Å². The van der Waals surface area contributed by atoms with Crippen LogP contribution >= 0.6 is 0 Å².